The number of benzene rings is 1. The summed E-state index contributed by atoms with van der Waals surface area (Å²) in [6, 6.07) is 8.99. The maximum atomic E-state index is 6.95. The molecule has 3 fully saturated rings. The molecular weight excluding hydrogens is 416 g/mol. The number of allylic oxidation sites excluding steroid dienone is 3. The summed E-state index contributed by atoms with van der Waals surface area (Å²) in [7, 11) is 0. The lowest BCUT2D eigenvalue weighted by molar-refractivity contribution is -0.262. The Morgan fingerprint density at radius 2 is 1.76 bits per heavy atom. The lowest BCUT2D eigenvalue weighted by Gasteiger charge is -2.61. The summed E-state index contributed by atoms with van der Waals surface area (Å²) < 4.78 is 13.8. The van der Waals surface area contributed by atoms with Crippen molar-refractivity contribution in [3.8, 4) is 0 Å². The molecular formula is C32H44O2. The van der Waals surface area contributed by atoms with Gasteiger partial charge in [0.1, 0.15) is 5.76 Å². The Hall–Kier alpha value is -1.54. The van der Waals surface area contributed by atoms with E-state index in [9.17, 15) is 0 Å². The molecule has 34 heavy (non-hydrogen) atoms. The lowest BCUT2D eigenvalue weighted by atomic mass is 9.46. The highest BCUT2D eigenvalue weighted by atomic mass is 16.7. The minimum Gasteiger partial charge on any atom is -0.468 e. The second-order valence-corrected chi connectivity index (χ2v) is 12.8. The van der Waals surface area contributed by atoms with Crippen LogP contribution in [0.1, 0.15) is 89.7 Å². The van der Waals surface area contributed by atoms with Gasteiger partial charge in [-0.25, -0.2) is 0 Å². The van der Waals surface area contributed by atoms with Crippen molar-refractivity contribution in [2.75, 3.05) is 0 Å². The molecule has 0 bridgehead atoms. The van der Waals surface area contributed by atoms with Crippen molar-refractivity contribution < 1.29 is 9.47 Å². The Bertz CT molecular complexity index is 956. The van der Waals surface area contributed by atoms with Crippen molar-refractivity contribution in [1.29, 1.82) is 0 Å². The van der Waals surface area contributed by atoms with E-state index in [1.807, 2.05) is 0 Å². The molecule has 8 atom stereocenters. The molecule has 0 aliphatic heterocycles. The summed E-state index contributed by atoms with van der Waals surface area (Å²) in [5.41, 5.74) is 4.51. The number of rotatable bonds is 9. The predicted molar refractivity (Wildman–Crippen MR) is 138 cm³/mol. The first-order valence-electron chi connectivity index (χ1n) is 14.3. The zero-order chi connectivity index (χ0) is 23.4. The average molecular weight is 461 g/mol. The van der Waals surface area contributed by atoms with Crippen molar-refractivity contribution in [3.63, 3.8) is 0 Å². The number of aryl methyl sites for hydroxylation is 1. The van der Waals surface area contributed by atoms with Crippen LogP contribution in [0.15, 0.2) is 47.7 Å². The molecule has 8 unspecified atom stereocenters. The minimum atomic E-state index is -0.142. The number of hydrogen-bond acceptors (Lipinski definition) is 2. The van der Waals surface area contributed by atoms with Crippen LogP contribution in [0.5, 0.6) is 0 Å². The molecule has 0 N–H and O–H groups in total. The minimum absolute atomic E-state index is 0.142. The standard InChI is InChI=1S/C32H44O2/c1-19(2)16-28(20(3)4)22-12-14-23(17-22)33-32(27-15-13-21-8-5-6-9-24(21)27)34-30-18-29-25-10-7-11-26(25)31(29)30/h5-6,8-9,12,14,19-20,25-32H,7,10-11,13,15-18H2,1-4H3. The predicted octanol–water partition coefficient (Wildman–Crippen LogP) is 8.04. The summed E-state index contributed by atoms with van der Waals surface area (Å²) in [4.78, 5) is 0. The van der Waals surface area contributed by atoms with Crippen molar-refractivity contribution in [1.82, 2.24) is 0 Å². The zero-order valence-electron chi connectivity index (χ0n) is 21.7. The molecule has 1 aromatic rings. The Morgan fingerprint density at radius 1 is 0.941 bits per heavy atom. The fourth-order valence-electron chi connectivity index (χ4n) is 8.36. The normalized spacial score (nSPS) is 35.1. The largest absolute Gasteiger partial charge is 0.468 e. The molecule has 0 heterocycles. The summed E-state index contributed by atoms with van der Waals surface area (Å²) in [6.45, 7) is 9.43. The highest BCUT2D eigenvalue weighted by Crippen LogP contribution is 2.65. The fraction of sp³-hybridized carbons (Fsp3) is 0.688. The van der Waals surface area contributed by atoms with Crippen molar-refractivity contribution >= 4 is 0 Å². The van der Waals surface area contributed by atoms with Crippen LogP contribution in [0, 0.1) is 41.4 Å². The number of hydrogen-bond donors (Lipinski definition) is 0. The Balaban J connectivity index is 1.16. The van der Waals surface area contributed by atoms with Gasteiger partial charge in [-0.2, -0.15) is 0 Å². The van der Waals surface area contributed by atoms with Crippen LogP contribution in [-0.2, 0) is 15.9 Å². The topological polar surface area (TPSA) is 18.5 Å². The first-order chi connectivity index (χ1) is 16.5. The maximum absolute atomic E-state index is 6.95. The van der Waals surface area contributed by atoms with Crippen molar-refractivity contribution in [2.24, 2.45) is 41.4 Å². The van der Waals surface area contributed by atoms with E-state index in [1.54, 1.807) is 5.57 Å². The van der Waals surface area contributed by atoms with Gasteiger partial charge >= 0.3 is 0 Å². The molecule has 6 rings (SSSR count). The highest BCUT2D eigenvalue weighted by Gasteiger charge is 2.62. The number of ether oxygens (including phenoxy) is 2. The third-order valence-electron chi connectivity index (χ3n) is 10.0. The molecule has 5 aliphatic rings. The summed E-state index contributed by atoms with van der Waals surface area (Å²) in [5.74, 6) is 7.26. The van der Waals surface area contributed by atoms with E-state index in [0.29, 0.717) is 23.9 Å². The molecule has 184 valence electrons. The Kier molecular flexibility index (Phi) is 6.17. The van der Waals surface area contributed by atoms with Gasteiger partial charge in [0.15, 0.2) is 0 Å². The van der Waals surface area contributed by atoms with Crippen LogP contribution in [0.2, 0.25) is 0 Å². The zero-order valence-corrected chi connectivity index (χ0v) is 21.7. The Morgan fingerprint density at radius 3 is 2.59 bits per heavy atom. The summed E-state index contributed by atoms with van der Waals surface area (Å²) in [6.07, 6.45) is 15.0. The van der Waals surface area contributed by atoms with E-state index in [-0.39, 0.29) is 6.29 Å². The monoisotopic (exact) mass is 460 g/mol. The van der Waals surface area contributed by atoms with Crippen molar-refractivity contribution in [2.45, 2.75) is 97.4 Å². The molecule has 2 heteroatoms. The molecule has 0 aromatic heterocycles. The molecule has 1 aromatic carbocycles. The summed E-state index contributed by atoms with van der Waals surface area (Å²) >= 11 is 0. The SMILES string of the molecule is CC(C)CC(C1=CC=C(OC(OC2CC3C4CCCC4C23)C2CCc3ccccc32)C1)C(C)C. The van der Waals surface area contributed by atoms with Crippen LogP contribution < -0.4 is 0 Å². The van der Waals surface area contributed by atoms with Crippen LogP contribution >= 0.6 is 0 Å². The van der Waals surface area contributed by atoms with Gasteiger partial charge in [0.05, 0.1) is 6.10 Å². The first-order valence-corrected chi connectivity index (χ1v) is 14.3. The number of fused-ring (bicyclic) bond motifs is 5. The Labute approximate surface area is 207 Å². The van der Waals surface area contributed by atoms with Gasteiger partial charge < -0.3 is 9.47 Å². The van der Waals surface area contributed by atoms with Gasteiger partial charge in [0.2, 0.25) is 6.29 Å². The summed E-state index contributed by atoms with van der Waals surface area (Å²) in [5, 5.41) is 0. The van der Waals surface area contributed by atoms with Gasteiger partial charge in [-0.3, -0.25) is 0 Å². The molecule has 0 radical (unpaired) electrons. The lowest BCUT2D eigenvalue weighted by Crippen LogP contribution is -2.61. The van der Waals surface area contributed by atoms with Crippen LogP contribution in [0.3, 0.4) is 0 Å². The second-order valence-electron chi connectivity index (χ2n) is 12.8. The molecule has 0 spiro atoms. The third-order valence-corrected chi connectivity index (χ3v) is 10.0. The van der Waals surface area contributed by atoms with E-state index in [2.05, 4.69) is 64.1 Å². The molecule has 5 aliphatic carbocycles. The average Bonchev–Trinajstić information content (AvgIpc) is 3.52. The first kappa shape index (κ1) is 22.9. The van der Waals surface area contributed by atoms with E-state index >= 15 is 0 Å². The fourth-order valence-corrected chi connectivity index (χ4v) is 8.36. The molecule has 0 saturated heterocycles. The van der Waals surface area contributed by atoms with Gasteiger partial charge in [-0.05, 0) is 97.2 Å². The van der Waals surface area contributed by atoms with E-state index in [4.69, 9.17) is 9.47 Å². The molecule has 0 amide bonds. The van der Waals surface area contributed by atoms with Gasteiger partial charge in [0.25, 0.3) is 0 Å². The maximum Gasteiger partial charge on any atom is 0.206 e. The second kappa shape index (κ2) is 9.16. The van der Waals surface area contributed by atoms with Gasteiger partial charge in [-0.1, -0.05) is 70.0 Å². The van der Waals surface area contributed by atoms with Crippen molar-refractivity contribution in [3.05, 3.63) is 58.9 Å². The van der Waals surface area contributed by atoms with Gasteiger partial charge in [0, 0.05) is 12.3 Å². The van der Waals surface area contributed by atoms with Crippen LogP contribution in [0.25, 0.3) is 0 Å². The quantitative estimate of drug-likeness (QED) is 0.347. The molecule has 2 nitrogen and oxygen atoms in total. The van der Waals surface area contributed by atoms with E-state index in [0.717, 1.165) is 54.6 Å². The van der Waals surface area contributed by atoms with E-state index in [1.165, 1.54) is 43.2 Å². The highest BCUT2D eigenvalue weighted by molar-refractivity contribution is 5.36. The van der Waals surface area contributed by atoms with Crippen LogP contribution in [-0.4, -0.2) is 12.4 Å². The van der Waals surface area contributed by atoms with Crippen LogP contribution in [0.4, 0.5) is 0 Å². The molecule has 3 saturated carbocycles. The smallest absolute Gasteiger partial charge is 0.206 e. The van der Waals surface area contributed by atoms with E-state index < -0.39 is 0 Å². The van der Waals surface area contributed by atoms with Gasteiger partial charge in [-0.15, -0.1) is 0 Å². The third kappa shape index (κ3) is 3.98.